The van der Waals surface area contributed by atoms with Gasteiger partial charge in [0, 0.05) is 0 Å². The smallest absolute Gasteiger partial charge is 0.0776 e. The zero-order valence-corrected chi connectivity index (χ0v) is 19.2. The third-order valence-corrected chi connectivity index (χ3v) is 5.70. The van der Waals surface area contributed by atoms with Gasteiger partial charge in [-0.15, -0.1) is 0 Å². The molecule has 0 amide bonds. The Hall–Kier alpha value is 0. The standard InChI is InChI=1S/C12H26.C7H16.C6H12.4CH4/c1-5-7-9-11(3)12(4)10-8-6-2;1-3-5-7-6-4-2;1-2-4-6-5-3-1;;;;/h11-12H,5-10H2,1-4H3;3-7H2,1-2H3;1-6H2;4*1H4/p+1. The Labute approximate surface area is 193 Å². The maximum Gasteiger partial charge on any atom is 1.00 e. The van der Waals surface area contributed by atoms with Gasteiger partial charge in [0.1, 0.15) is 0 Å². The monoisotopic (exact) mass is 420 g/mol. The van der Waals surface area contributed by atoms with Gasteiger partial charge in [-0.1, -0.05) is 180 Å². The summed E-state index contributed by atoms with van der Waals surface area (Å²) in [5, 5.41) is 0. The topological polar surface area (TPSA) is 0 Å². The molecule has 0 heteroatoms. The summed E-state index contributed by atoms with van der Waals surface area (Å²) in [5.74, 6) is 1.88. The summed E-state index contributed by atoms with van der Waals surface area (Å²) < 4.78 is 0. The summed E-state index contributed by atoms with van der Waals surface area (Å²) in [4.78, 5) is 0. The van der Waals surface area contributed by atoms with E-state index < -0.39 is 0 Å². The van der Waals surface area contributed by atoms with Crippen molar-refractivity contribution in [2.75, 3.05) is 0 Å². The van der Waals surface area contributed by atoms with Crippen LogP contribution in [0, 0.1) is 11.8 Å². The Morgan fingerprint density at radius 1 is 0.448 bits per heavy atom. The molecule has 0 nitrogen and oxygen atoms in total. The van der Waals surface area contributed by atoms with Gasteiger partial charge in [0.05, 0.1) is 0 Å². The molecule has 0 aromatic rings. The van der Waals surface area contributed by atoms with Crippen LogP contribution in [0.5, 0.6) is 0 Å². The molecule has 0 aliphatic heterocycles. The highest BCUT2D eigenvalue weighted by Crippen LogP contribution is 2.22. The SMILES string of the molecule is C.C.C.C.C1CCCCC1.CCCCC(C)C(C)CCCC.CCCCCCC.[H+]. The fourth-order valence-electron chi connectivity index (χ4n) is 3.36. The first-order valence-corrected chi connectivity index (χ1v) is 12.1. The van der Waals surface area contributed by atoms with E-state index in [0.717, 1.165) is 11.8 Å². The van der Waals surface area contributed by atoms with E-state index in [9.17, 15) is 0 Å². The fourth-order valence-corrected chi connectivity index (χ4v) is 3.36. The van der Waals surface area contributed by atoms with E-state index in [2.05, 4.69) is 41.5 Å². The van der Waals surface area contributed by atoms with Crippen molar-refractivity contribution in [3.63, 3.8) is 0 Å². The lowest BCUT2D eigenvalue weighted by molar-refractivity contribution is 0.328. The number of unbranched alkanes of at least 4 members (excludes halogenated alkanes) is 6. The second-order valence-electron chi connectivity index (χ2n) is 8.42. The van der Waals surface area contributed by atoms with Crippen LogP contribution in [0.1, 0.15) is 182 Å². The van der Waals surface area contributed by atoms with E-state index in [1.807, 2.05) is 0 Å². The van der Waals surface area contributed by atoms with Crippen molar-refractivity contribution in [3.8, 4) is 0 Å². The minimum absolute atomic E-state index is 0. The van der Waals surface area contributed by atoms with Crippen LogP contribution >= 0.6 is 0 Å². The van der Waals surface area contributed by atoms with Crippen LogP contribution in [0.2, 0.25) is 0 Å². The highest BCUT2D eigenvalue weighted by molar-refractivity contribution is 4.61. The lowest BCUT2D eigenvalue weighted by Crippen LogP contribution is -2.07. The van der Waals surface area contributed by atoms with Crippen LogP contribution in [-0.4, -0.2) is 0 Å². The first-order valence-electron chi connectivity index (χ1n) is 12.1. The van der Waals surface area contributed by atoms with Gasteiger partial charge in [0.25, 0.3) is 0 Å². The van der Waals surface area contributed by atoms with E-state index in [0.29, 0.717) is 0 Å². The maximum absolute atomic E-state index is 2.41. The molecule has 0 saturated heterocycles. The molecule has 1 aliphatic rings. The highest BCUT2D eigenvalue weighted by atomic mass is 14.2. The summed E-state index contributed by atoms with van der Waals surface area (Å²) >= 11 is 0. The van der Waals surface area contributed by atoms with E-state index in [4.69, 9.17) is 0 Å². The van der Waals surface area contributed by atoms with Gasteiger partial charge >= 0.3 is 1.43 Å². The van der Waals surface area contributed by atoms with E-state index in [-0.39, 0.29) is 31.1 Å². The van der Waals surface area contributed by atoms with Crippen molar-refractivity contribution >= 4 is 0 Å². The Kier molecular flexibility index (Phi) is 57.2. The zero-order valence-electron chi connectivity index (χ0n) is 20.2. The van der Waals surface area contributed by atoms with Crippen LogP contribution < -0.4 is 0 Å². The molecular weight excluding hydrogens is 348 g/mol. The molecule has 2 atom stereocenters. The minimum atomic E-state index is 0. The molecule has 0 bridgehead atoms. The Bertz CT molecular complexity index is 183. The molecule has 0 aromatic carbocycles. The normalized spacial score (nSPS) is 13.9. The number of rotatable bonds is 11. The zero-order chi connectivity index (χ0) is 19.2. The Balaban J connectivity index is -0.0000000516. The predicted molar refractivity (Wildman–Crippen MR) is 148 cm³/mol. The number of hydrogen-bond donors (Lipinski definition) is 0. The van der Waals surface area contributed by atoms with Crippen molar-refractivity contribution < 1.29 is 1.43 Å². The quantitative estimate of drug-likeness (QED) is 0.292. The van der Waals surface area contributed by atoms with Gasteiger partial charge in [-0.3, -0.25) is 0 Å². The van der Waals surface area contributed by atoms with E-state index >= 15 is 0 Å². The first-order chi connectivity index (χ1) is 12.1. The molecule has 0 aromatic heterocycles. The summed E-state index contributed by atoms with van der Waals surface area (Å²) in [5.41, 5.74) is 0. The van der Waals surface area contributed by atoms with Crippen LogP contribution in [0.3, 0.4) is 0 Å². The van der Waals surface area contributed by atoms with Crippen molar-refractivity contribution in [3.05, 3.63) is 0 Å². The van der Waals surface area contributed by atoms with Crippen LogP contribution in [0.15, 0.2) is 0 Å². The third-order valence-electron chi connectivity index (χ3n) is 5.70. The molecule has 1 rings (SSSR count). The average Bonchev–Trinajstić information content (AvgIpc) is 2.67. The molecule has 0 heterocycles. The van der Waals surface area contributed by atoms with Crippen LogP contribution in [0.25, 0.3) is 0 Å². The molecule has 1 aliphatic carbocycles. The van der Waals surface area contributed by atoms with Crippen LogP contribution in [-0.2, 0) is 0 Å². The summed E-state index contributed by atoms with van der Waals surface area (Å²) in [6, 6.07) is 0. The molecule has 0 radical (unpaired) electrons. The highest BCUT2D eigenvalue weighted by Gasteiger charge is 2.10. The Morgan fingerprint density at radius 3 is 0.897 bits per heavy atom. The molecule has 29 heavy (non-hydrogen) atoms. The maximum atomic E-state index is 2.41. The van der Waals surface area contributed by atoms with Gasteiger partial charge in [-0.25, -0.2) is 0 Å². The lowest BCUT2D eigenvalue weighted by atomic mass is 9.87. The average molecular weight is 420 g/mol. The molecule has 2 unspecified atom stereocenters. The van der Waals surface area contributed by atoms with Gasteiger partial charge in [-0.05, 0) is 11.8 Å². The van der Waals surface area contributed by atoms with Crippen molar-refractivity contribution in [2.24, 2.45) is 11.8 Å². The molecular formula is C29H71+. The summed E-state index contributed by atoms with van der Waals surface area (Å²) in [6.07, 6.45) is 24.4. The summed E-state index contributed by atoms with van der Waals surface area (Å²) in [7, 11) is 0. The van der Waals surface area contributed by atoms with Crippen LogP contribution in [0.4, 0.5) is 0 Å². The summed E-state index contributed by atoms with van der Waals surface area (Å²) in [6.45, 7) is 13.9. The molecule has 186 valence electrons. The van der Waals surface area contributed by atoms with Gasteiger partial charge < -0.3 is 0 Å². The van der Waals surface area contributed by atoms with Crippen molar-refractivity contribution in [1.82, 2.24) is 0 Å². The first kappa shape index (κ1) is 43.0. The van der Waals surface area contributed by atoms with Gasteiger partial charge in [0.15, 0.2) is 0 Å². The molecule has 1 fully saturated rings. The van der Waals surface area contributed by atoms with Crippen molar-refractivity contribution in [1.29, 1.82) is 0 Å². The second kappa shape index (κ2) is 38.6. The molecule has 0 spiro atoms. The van der Waals surface area contributed by atoms with Gasteiger partial charge in [0.2, 0.25) is 0 Å². The van der Waals surface area contributed by atoms with Crippen molar-refractivity contribution in [2.45, 2.75) is 180 Å². The molecule has 1 saturated carbocycles. The Morgan fingerprint density at radius 2 is 0.690 bits per heavy atom. The number of hydrogen-bond acceptors (Lipinski definition) is 0. The lowest BCUT2D eigenvalue weighted by Gasteiger charge is -2.19. The van der Waals surface area contributed by atoms with E-state index in [1.54, 1.807) is 0 Å². The largest absolute Gasteiger partial charge is 1.00 e. The predicted octanol–water partition coefficient (Wildman–Crippen LogP) is 12.6. The third kappa shape index (κ3) is 39.1. The molecule has 0 N–H and O–H groups in total. The minimum Gasteiger partial charge on any atom is -0.0776 e. The fraction of sp³-hybridized carbons (Fsp3) is 1.00. The van der Waals surface area contributed by atoms with Gasteiger partial charge in [-0.2, -0.15) is 0 Å². The van der Waals surface area contributed by atoms with E-state index in [1.165, 1.54) is 109 Å². The second-order valence-corrected chi connectivity index (χ2v) is 8.42.